The van der Waals surface area contributed by atoms with Gasteiger partial charge in [0, 0.05) is 5.25 Å². The molecule has 0 saturated carbocycles. The third-order valence-corrected chi connectivity index (χ3v) is 2.63. The van der Waals surface area contributed by atoms with E-state index in [1.807, 2.05) is 32.3 Å². The Morgan fingerprint density at radius 2 is 1.77 bits per heavy atom. The molecule has 2 atom stereocenters. The fourth-order valence-corrected chi connectivity index (χ4v) is 1.59. The molecule has 0 aliphatic carbocycles. The van der Waals surface area contributed by atoms with Gasteiger partial charge in [-0.25, -0.2) is 0 Å². The van der Waals surface area contributed by atoms with Gasteiger partial charge in [0.25, 0.3) is 0 Å². The zero-order chi connectivity index (χ0) is 10.7. The van der Waals surface area contributed by atoms with Gasteiger partial charge >= 0.3 is 0 Å². The lowest BCUT2D eigenvalue weighted by atomic mass is 10.1. The van der Waals surface area contributed by atoms with Crippen LogP contribution in [-0.2, 0) is 0 Å². The normalized spacial score (nSPS) is 14.2. The van der Waals surface area contributed by atoms with E-state index in [0.717, 1.165) is 0 Å². The molecule has 0 saturated heterocycles. The zero-order valence-corrected chi connectivity index (χ0v) is 10.1. The summed E-state index contributed by atoms with van der Waals surface area (Å²) in [7, 11) is 0. The fourth-order valence-electron chi connectivity index (χ4n) is 0.918. The summed E-state index contributed by atoms with van der Waals surface area (Å²) in [6.07, 6.45) is 6.23. The van der Waals surface area contributed by atoms with Gasteiger partial charge in [-0.1, -0.05) is 45.6 Å². The molecule has 0 N–H and O–H groups in total. The van der Waals surface area contributed by atoms with Crippen molar-refractivity contribution in [3.8, 4) is 0 Å². The first-order valence-electron chi connectivity index (χ1n) is 4.78. The molecule has 0 nitrogen and oxygen atoms in total. The quantitative estimate of drug-likeness (QED) is 0.579. The van der Waals surface area contributed by atoms with Gasteiger partial charge in [-0.05, 0) is 18.2 Å². The van der Waals surface area contributed by atoms with Crippen LogP contribution >= 0.6 is 11.8 Å². The van der Waals surface area contributed by atoms with E-state index in [1.54, 1.807) is 11.8 Å². The Morgan fingerprint density at radius 3 is 2.08 bits per heavy atom. The molecule has 0 radical (unpaired) electrons. The van der Waals surface area contributed by atoms with Crippen LogP contribution in [0.15, 0.2) is 36.8 Å². The lowest BCUT2D eigenvalue weighted by Gasteiger charge is -2.13. The number of hydrogen-bond donors (Lipinski definition) is 0. The molecule has 0 aliphatic rings. The number of rotatable bonds is 5. The van der Waals surface area contributed by atoms with E-state index in [-0.39, 0.29) is 0 Å². The van der Waals surface area contributed by atoms with E-state index in [2.05, 4.69) is 32.2 Å². The maximum Gasteiger partial charge on any atom is 0.0325 e. The maximum atomic E-state index is 3.78. The smallest absolute Gasteiger partial charge is 0.0325 e. The Morgan fingerprint density at radius 1 is 1.23 bits per heavy atom. The van der Waals surface area contributed by atoms with Gasteiger partial charge < -0.3 is 0 Å². The third kappa shape index (κ3) is 7.92. The van der Waals surface area contributed by atoms with Crippen molar-refractivity contribution in [2.45, 2.75) is 32.9 Å². The second-order valence-corrected chi connectivity index (χ2v) is 3.54. The minimum absolute atomic E-state index is 0.462. The molecular formula is C12H22S. The zero-order valence-electron chi connectivity index (χ0n) is 9.29. The van der Waals surface area contributed by atoms with E-state index in [4.69, 9.17) is 0 Å². The van der Waals surface area contributed by atoms with Crippen LogP contribution in [0.5, 0.6) is 0 Å². The Bertz CT molecular complexity index is 147. The summed E-state index contributed by atoms with van der Waals surface area (Å²) in [5, 5.41) is 2.33. The second-order valence-electron chi connectivity index (χ2n) is 2.39. The minimum Gasteiger partial charge on any atom is -0.127 e. The lowest BCUT2D eigenvalue weighted by Crippen LogP contribution is -2.07. The Labute approximate surface area is 87.8 Å². The van der Waals surface area contributed by atoms with Crippen LogP contribution in [0.25, 0.3) is 0 Å². The summed E-state index contributed by atoms with van der Waals surface area (Å²) < 4.78 is 0. The van der Waals surface area contributed by atoms with Crippen molar-refractivity contribution in [3.63, 3.8) is 0 Å². The molecule has 1 heteroatoms. The van der Waals surface area contributed by atoms with Crippen molar-refractivity contribution in [2.75, 3.05) is 0 Å². The highest BCUT2D eigenvalue weighted by molar-refractivity contribution is 8.02. The molecule has 76 valence electrons. The summed E-state index contributed by atoms with van der Waals surface area (Å²) in [4.78, 5) is 0. The van der Waals surface area contributed by atoms with Crippen molar-refractivity contribution in [3.05, 3.63) is 36.8 Å². The van der Waals surface area contributed by atoms with E-state index >= 15 is 0 Å². The predicted octanol–water partition coefficient (Wildman–Crippen LogP) is 4.66. The van der Waals surface area contributed by atoms with E-state index in [0.29, 0.717) is 11.2 Å². The van der Waals surface area contributed by atoms with Crippen LogP contribution in [0, 0.1) is 5.92 Å². The average molecular weight is 198 g/mol. The van der Waals surface area contributed by atoms with Crippen molar-refractivity contribution < 1.29 is 0 Å². The molecule has 13 heavy (non-hydrogen) atoms. The van der Waals surface area contributed by atoms with Crippen LogP contribution in [0.2, 0.25) is 0 Å². The minimum atomic E-state index is 0.462. The van der Waals surface area contributed by atoms with Gasteiger partial charge in [-0.3, -0.25) is 0 Å². The summed E-state index contributed by atoms with van der Waals surface area (Å²) in [6, 6.07) is 0. The summed E-state index contributed by atoms with van der Waals surface area (Å²) >= 11 is 1.72. The molecule has 0 spiro atoms. The highest BCUT2D eigenvalue weighted by Gasteiger charge is 2.08. The maximum absolute atomic E-state index is 3.78. The van der Waals surface area contributed by atoms with E-state index < -0.39 is 0 Å². The summed E-state index contributed by atoms with van der Waals surface area (Å²) in [5.74, 6) is 0.542. The predicted molar refractivity (Wildman–Crippen MR) is 67.1 cm³/mol. The fraction of sp³-hybridized carbons (Fsp3) is 0.500. The first kappa shape index (κ1) is 15.1. The van der Waals surface area contributed by atoms with Crippen LogP contribution in [0.3, 0.4) is 0 Å². The second kappa shape index (κ2) is 11.6. The Hall–Kier alpha value is -0.430. The van der Waals surface area contributed by atoms with Gasteiger partial charge in [-0.15, -0.1) is 18.3 Å². The number of allylic oxidation sites excluding steroid dienone is 2. The first-order valence-corrected chi connectivity index (χ1v) is 5.72. The molecule has 0 aliphatic heterocycles. The number of thioether (sulfide) groups is 1. The SMILES string of the molecule is C=CSC(C=C)C(C)/C=C\C.CC. The third-order valence-electron chi connectivity index (χ3n) is 1.50. The topological polar surface area (TPSA) is 0 Å². The molecule has 2 unspecified atom stereocenters. The average Bonchev–Trinajstić information content (AvgIpc) is 2.17. The molecular weight excluding hydrogens is 176 g/mol. The molecule has 0 rings (SSSR count). The van der Waals surface area contributed by atoms with Crippen LogP contribution in [-0.4, -0.2) is 5.25 Å². The van der Waals surface area contributed by atoms with Gasteiger partial charge in [0.05, 0.1) is 0 Å². The molecule has 0 aromatic carbocycles. The van der Waals surface area contributed by atoms with Crippen LogP contribution in [0.1, 0.15) is 27.7 Å². The molecule has 0 aromatic rings. The standard InChI is InChI=1S/C10H16S.C2H6/c1-5-8-9(4)10(6-2)11-7-3;1-2/h5-10H,2-3H2,1,4H3;1-2H3/b8-5-;. The summed E-state index contributed by atoms with van der Waals surface area (Å²) in [6.45, 7) is 15.7. The van der Waals surface area contributed by atoms with Crippen molar-refractivity contribution in [1.82, 2.24) is 0 Å². The largest absolute Gasteiger partial charge is 0.127 e. The molecule has 0 amide bonds. The molecule has 0 aromatic heterocycles. The summed E-state index contributed by atoms with van der Waals surface area (Å²) in [5.41, 5.74) is 0. The van der Waals surface area contributed by atoms with Gasteiger partial charge in [0.15, 0.2) is 0 Å². The van der Waals surface area contributed by atoms with Gasteiger partial charge in [0.2, 0.25) is 0 Å². The highest BCUT2D eigenvalue weighted by atomic mass is 32.2. The van der Waals surface area contributed by atoms with Crippen molar-refractivity contribution in [1.29, 1.82) is 0 Å². The first-order chi connectivity index (χ1) is 6.26. The van der Waals surface area contributed by atoms with Crippen LogP contribution in [0.4, 0.5) is 0 Å². The van der Waals surface area contributed by atoms with Gasteiger partial charge in [-0.2, -0.15) is 0 Å². The number of hydrogen-bond acceptors (Lipinski definition) is 1. The molecule has 0 fully saturated rings. The van der Waals surface area contributed by atoms with Crippen LogP contribution < -0.4 is 0 Å². The Kier molecular flexibility index (Phi) is 13.4. The highest BCUT2D eigenvalue weighted by Crippen LogP contribution is 2.21. The van der Waals surface area contributed by atoms with Gasteiger partial charge in [0.1, 0.15) is 0 Å². The Balaban J connectivity index is 0. The molecule has 0 heterocycles. The van der Waals surface area contributed by atoms with Crippen molar-refractivity contribution >= 4 is 11.8 Å². The molecule has 0 bridgehead atoms. The van der Waals surface area contributed by atoms with Crippen molar-refractivity contribution in [2.24, 2.45) is 5.92 Å². The lowest BCUT2D eigenvalue weighted by molar-refractivity contribution is 0.762. The van der Waals surface area contributed by atoms with E-state index in [1.165, 1.54) is 0 Å². The monoisotopic (exact) mass is 198 g/mol. The van der Waals surface area contributed by atoms with E-state index in [9.17, 15) is 0 Å².